The summed E-state index contributed by atoms with van der Waals surface area (Å²) < 4.78 is 0. The molecule has 0 amide bonds. The molecule has 0 bridgehead atoms. The molecule has 2 aliphatic rings. The van der Waals surface area contributed by atoms with Crippen LogP contribution in [0.1, 0.15) is 80.5 Å². The molecule has 0 N–H and O–H groups in total. The molecule has 10 aromatic rings. The Morgan fingerprint density at radius 1 is 0.343 bits per heavy atom. The summed E-state index contributed by atoms with van der Waals surface area (Å²) in [7, 11) is -0.658. The predicted octanol–water partition coefficient (Wildman–Crippen LogP) is 15.7. The zero-order valence-corrected chi connectivity index (χ0v) is 45.9. The molecule has 0 heterocycles. The lowest BCUT2D eigenvalue weighted by atomic mass is 9.39. The van der Waals surface area contributed by atoms with Crippen molar-refractivity contribution in [2.75, 3.05) is 4.90 Å². The molecule has 3 heteroatoms. The summed E-state index contributed by atoms with van der Waals surface area (Å²) in [4.78, 5) is 2.60. The Morgan fingerprint density at radius 3 is 0.914 bits per heavy atom. The number of hydrogen-bond donors (Lipinski definition) is 0. The fraction of sp³-hybridized carbons (Fsp3) is 0.224. The third-order valence-electron chi connectivity index (χ3n) is 17.2. The van der Waals surface area contributed by atoms with E-state index in [0.29, 0.717) is 0 Å². The molecule has 0 fully saturated rings. The topological polar surface area (TPSA) is 3.24 Å². The molecule has 0 radical (unpaired) electrons. The SMILES string of the molecule is C[SiH2]c1ccc(N(c2ccc([SiH2]C)cc2)c2cc3c(c4ccccc24)-c2c(cc(C)c4ccccc24)C3(C(C)(C)C)C2(C(C)(C)C)c3cc(C)c4ccccc4c3-c3c2cc(C)c2ccccc32)cc1. The Balaban J connectivity index is 1.36. The van der Waals surface area contributed by atoms with Crippen LogP contribution >= 0.6 is 0 Å². The Hall–Kier alpha value is -6.53. The van der Waals surface area contributed by atoms with Crippen molar-refractivity contribution in [3.05, 3.63) is 209 Å². The van der Waals surface area contributed by atoms with Crippen molar-refractivity contribution >= 4 is 89.6 Å². The second-order valence-electron chi connectivity index (χ2n) is 22.7. The van der Waals surface area contributed by atoms with Gasteiger partial charge in [-0.1, -0.05) is 205 Å². The summed E-state index contributed by atoms with van der Waals surface area (Å²) in [5, 5.41) is 13.6. The fourth-order valence-corrected chi connectivity index (χ4v) is 15.9. The highest BCUT2D eigenvalue weighted by atomic mass is 28.2. The first-order valence-electron chi connectivity index (χ1n) is 25.8. The normalized spacial score (nSPS) is 16.3. The number of benzene rings is 10. The molecule has 346 valence electrons. The van der Waals surface area contributed by atoms with Gasteiger partial charge < -0.3 is 4.90 Å². The van der Waals surface area contributed by atoms with Gasteiger partial charge in [-0.3, -0.25) is 0 Å². The van der Waals surface area contributed by atoms with Gasteiger partial charge in [-0.25, -0.2) is 0 Å². The number of fused-ring (bicyclic) bond motifs is 14. The van der Waals surface area contributed by atoms with E-state index in [1.807, 2.05) is 0 Å². The van der Waals surface area contributed by atoms with E-state index >= 15 is 0 Å². The highest BCUT2D eigenvalue weighted by molar-refractivity contribution is 6.52. The first kappa shape index (κ1) is 44.7. The molecule has 12 rings (SSSR count). The second kappa shape index (κ2) is 15.7. The van der Waals surface area contributed by atoms with Gasteiger partial charge in [0.2, 0.25) is 0 Å². The van der Waals surface area contributed by atoms with Crippen LogP contribution in [-0.4, -0.2) is 19.0 Å². The maximum atomic E-state index is 2.71. The monoisotopic (exact) mass is 939 g/mol. The molecular weight excluding hydrogens is 875 g/mol. The molecule has 0 aliphatic heterocycles. The maximum absolute atomic E-state index is 2.71. The van der Waals surface area contributed by atoms with E-state index < -0.39 is 10.8 Å². The molecule has 0 aromatic heterocycles. The van der Waals surface area contributed by atoms with Crippen LogP contribution in [0.3, 0.4) is 0 Å². The Kier molecular flexibility index (Phi) is 10.0. The van der Waals surface area contributed by atoms with Crippen molar-refractivity contribution < 1.29 is 0 Å². The number of nitrogens with zero attached hydrogens (tertiary/aromatic N) is 1. The van der Waals surface area contributed by atoms with E-state index in [-0.39, 0.29) is 29.9 Å². The van der Waals surface area contributed by atoms with Crippen molar-refractivity contribution in [3.63, 3.8) is 0 Å². The van der Waals surface area contributed by atoms with Crippen molar-refractivity contribution in [1.82, 2.24) is 0 Å². The summed E-state index contributed by atoms with van der Waals surface area (Å²) in [5.41, 5.74) is 17.1. The summed E-state index contributed by atoms with van der Waals surface area (Å²) >= 11 is 0. The van der Waals surface area contributed by atoms with Gasteiger partial charge in [0.25, 0.3) is 0 Å². The average molecular weight is 940 g/mol. The van der Waals surface area contributed by atoms with Gasteiger partial charge in [0, 0.05) is 27.6 Å². The number of anilines is 3. The first-order valence-corrected chi connectivity index (χ1v) is 30.0. The molecule has 70 heavy (non-hydrogen) atoms. The quantitative estimate of drug-likeness (QED) is 0.150. The zero-order valence-electron chi connectivity index (χ0n) is 43.0. The Morgan fingerprint density at radius 2 is 0.614 bits per heavy atom. The lowest BCUT2D eigenvalue weighted by Gasteiger charge is -2.62. The molecule has 0 saturated carbocycles. The standard InChI is InChI=1S/C67H65NSi2/c1-40-36-55-60(51-24-16-12-20-47(40)51)61-52-25-17-13-21-48(52)41(2)37-56(61)66(55,64(4,5)6)67(65(7,8)9)57-38-42(3)49-22-14-18-26-53(49)62(57)63-54-27-19-15-23-50(54)59(39-58(63)67)68(43-28-32-45(69-10)33-29-43)44-30-34-46(70-11)35-31-44/h12-39H,69-70H2,1-11H3. The average Bonchev–Trinajstić information content (AvgIpc) is 3.83. The van der Waals surface area contributed by atoms with Gasteiger partial charge in [-0.15, -0.1) is 0 Å². The van der Waals surface area contributed by atoms with Crippen molar-refractivity contribution in [2.45, 2.75) is 86.2 Å². The van der Waals surface area contributed by atoms with Crippen LogP contribution in [0.25, 0.3) is 65.3 Å². The first-order chi connectivity index (χ1) is 33.7. The van der Waals surface area contributed by atoms with E-state index in [1.165, 1.54) is 132 Å². The molecule has 1 nitrogen and oxygen atoms in total. The van der Waals surface area contributed by atoms with Crippen LogP contribution < -0.4 is 15.3 Å². The van der Waals surface area contributed by atoms with Crippen molar-refractivity contribution in [1.29, 1.82) is 0 Å². The summed E-state index contributed by atoms with van der Waals surface area (Å²) in [5.74, 6) is 0. The highest BCUT2D eigenvalue weighted by Crippen LogP contribution is 2.77. The van der Waals surface area contributed by atoms with Crippen LogP contribution in [-0.2, 0) is 10.8 Å². The molecule has 0 spiro atoms. The smallest absolute Gasteiger partial charge is 0.0543 e. The fourth-order valence-electron chi connectivity index (χ4n) is 14.5. The lowest BCUT2D eigenvalue weighted by Crippen LogP contribution is -2.62. The zero-order chi connectivity index (χ0) is 48.6. The number of aryl methyl sites for hydroxylation is 3. The van der Waals surface area contributed by atoms with E-state index in [0.717, 1.165) is 0 Å². The lowest BCUT2D eigenvalue weighted by molar-refractivity contribution is 0.0595. The molecule has 0 saturated heterocycles. The summed E-state index contributed by atoms with van der Waals surface area (Å²) in [6.07, 6.45) is 0. The van der Waals surface area contributed by atoms with Crippen molar-refractivity contribution in [3.8, 4) is 22.3 Å². The summed E-state index contributed by atoms with van der Waals surface area (Å²) in [6.45, 7) is 27.3. The number of rotatable bonds is 6. The van der Waals surface area contributed by atoms with Crippen LogP contribution in [0.2, 0.25) is 13.1 Å². The minimum atomic E-state index is -0.624. The minimum absolute atomic E-state index is 0.326. The van der Waals surface area contributed by atoms with E-state index in [4.69, 9.17) is 0 Å². The van der Waals surface area contributed by atoms with Gasteiger partial charge in [0.05, 0.1) is 24.7 Å². The van der Waals surface area contributed by atoms with Crippen molar-refractivity contribution in [2.24, 2.45) is 10.8 Å². The molecule has 1 atom stereocenters. The van der Waals surface area contributed by atoms with Crippen LogP contribution in [0.15, 0.2) is 170 Å². The second-order valence-corrected chi connectivity index (χ2v) is 25.8. The summed E-state index contributed by atoms with van der Waals surface area (Å²) in [6, 6.07) is 67.0. The molecular formula is C67H65NSi2. The van der Waals surface area contributed by atoms with Crippen LogP contribution in [0.5, 0.6) is 0 Å². The largest absolute Gasteiger partial charge is 0.310 e. The molecule has 2 aliphatic carbocycles. The molecule has 1 unspecified atom stereocenters. The Labute approximate surface area is 420 Å². The maximum Gasteiger partial charge on any atom is 0.0543 e. The third kappa shape index (κ3) is 5.82. The minimum Gasteiger partial charge on any atom is -0.310 e. The van der Waals surface area contributed by atoms with E-state index in [9.17, 15) is 0 Å². The van der Waals surface area contributed by atoms with Gasteiger partial charge in [0.1, 0.15) is 0 Å². The van der Waals surface area contributed by atoms with Gasteiger partial charge in [-0.05, 0) is 161 Å². The molecule has 10 aromatic carbocycles. The highest BCUT2D eigenvalue weighted by Gasteiger charge is 2.71. The van der Waals surface area contributed by atoms with Gasteiger partial charge in [0.15, 0.2) is 0 Å². The van der Waals surface area contributed by atoms with E-state index in [2.05, 4.69) is 250 Å². The van der Waals surface area contributed by atoms with E-state index in [1.54, 1.807) is 0 Å². The Bertz CT molecular complexity index is 3650. The predicted molar refractivity (Wildman–Crippen MR) is 311 cm³/mol. The van der Waals surface area contributed by atoms with Gasteiger partial charge >= 0.3 is 0 Å². The number of hydrogen-bond acceptors (Lipinski definition) is 1. The van der Waals surface area contributed by atoms with Gasteiger partial charge in [-0.2, -0.15) is 0 Å². The van der Waals surface area contributed by atoms with Crippen LogP contribution in [0.4, 0.5) is 17.1 Å². The van der Waals surface area contributed by atoms with Crippen LogP contribution in [0, 0.1) is 31.6 Å². The third-order valence-corrected chi connectivity index (χ3v) is 19.7.